The van der Waals surface area contributed by atoms with Crippen LogP contribution < -0.4 is 15.5 Å². The Morgan fingerprint density at radius 3 is 2.48 bits per heavy atom. The Hall–Kier alpha value is -2.25. The lowest BCUT2D eigenvalue weighted by atomic mass is 10.2. The van der Waals surface area contributed by atoms with Gasteiger partial charge in [0.25, 0.3) is 0 Å². The van der Waals surface area contributed by atoms with Crippen LogP contribution in [0, 0.1) is 0 Å². The molecular weight excluding hydrogens is 435 g/mol. The summed E-state index contributed by atoms with van der Waals surface area (Å²) in [6, 6.07) is 13.1. The molecule has 166 valence electrons. The Labute approximate surface area is 193 Å². The van der Waals surface area contributed by atoms with E-state index in [1.54, 1.807) is 13.2 Å². The highest BCUT2D eigenvalue weighted by molar-refractivity contribution is 6.31. The monoisotopic (exact) mass is 462 g/mol. The van der Waals surface area contributed by atoms with Crippen LogP contribution in [0.25, 0.3) is 6.08 Å². The standard InChI is InChI=1S/C23H28Cl2N4O2/c1-31-16-10-26-23(30)27-21-9-8-20(25)17-22(21)29-14-12-28(13-15-29)11-2-3-18-4-6-19(24)7-5-18/h2-9,17H,10-16H2,1H3,(H2,26,27,30)/b3-2+. The van der Waals surface area contributed by atoms with Gasteiger partial charge in [0.05, 0.1) is 18.0 Å². The Balaban J connectivity index is 1.54. The van der Waals surface area contributed by atoms with Gasteiger partial charge in [-0.2, -0.15) is 0 Å². The van der Waals surface area contributed by atoms with Crippen LogP contribution >= 0.6 is 23.2 Å². The number of rotatable bonds is 8. The van der Waals surface area contributed by atoms with Gasteiger partial charge < -0.3 is 20.3 Å². The molecule has 0 atom stereocenters. The first kappa shape index (κ1) is 23.4. The van der Waals surface area contributed by atoms with E-state index < -0.39 is 0 Å². The maximum atomic E-state index is 12.2. The van der Waals surface area contributed by atoms with E-state index in [-0.39, 0.29) is 6.03 Å². The van der Waals surface area contributed by atoms with Gasteiger partial charge in [0, 0.05) is 56.4 Å². The second-order valence-corrected chi connectivity index (χ2v) is 8.15. The van der Waals surface area contributed by atoms with Crippen LogP contribution in [0.4, 0.5) is 16.2 Å². The summed E-state index contributed by atoms with van der Waals surface area (Å²) in [7, 11) is 1.60. The van der Waals surface area contributed by atoms with Crippen molar-refractivity contribution in [2.24, 2.45) is 0 Å². The van der Waals surface area contributed by atoms with Crippen molar-refractivity contribution in [3.63, 3.8) is 0 Å². The molecule has 0 radical (unpaired) electrons. The summed E-state index contributed by atoms with van der Waals surface area (Å²) in [5.74, 6) is 0. The minimum atomic E-state index is -0.258. The molecule has 0 bridgehead atoms. The predicted molar refractivity (Wildman–Crippen MR) is 129 cm³/mol. The van der Waals surface area contributed by atoms with E-state index >= 15 is 0 Å². The molecule has 0 unspecified atom stereocenters. The van der Waals surface area contributed by atoms with Crippen molar-refractivity contribution >= 4 is 46.7 Å². The van der Waals surface area contributed by atoms with Crippen molar-refractivity contribution in [3.8, 4) is 0 Å². The number of halogens is 2. The Bertz CT molecular complexity index is 882. The summed E-state index contributed by atoms with van der Waals surface area (Å²) in [5.41, 5.74) is 2.82. The van der Waals surface area contributed by atoms with Gasteiger partial charge >= 0.3 is 6.03 Å². The molecule has 0 aliphatic carbocycles. The third kappa shape index (κ3) is 7.43. The topological polar surface area (TPSA) is 56.8 Å². The van der Waals surface area contributed by atoms with Crippen LogP contribution in [-0.4, -0.2) is 63.9 Å². The molecule has 6 nitrogen and oxygen atoms in total. The van der Waals surface area contributed by atoms with Gasteiger partial charge in [-0.15, -0.1) is 0 Å². The zero-order chi connectivity index (χ0) is 22.1. The van der Waals surface area contributed by atoms with Gasteiger partial charge in [-0.3, -0.25) is 4.90 Å². The van der Waals surface area contributed by atoms with Crippen molar-refractivity contribution in [1.82, 2.24) is 10.2 Å². The zero-order valence-electron chi connectivity index (χ0n) is 17.6. The lowest BCUT2D eigenvalue weighted by Crippen LogP contribution is -2.46. The third-order valence-corrected chi connectivity index (χ3v) is 5.54. The fourth-order valence-electron chi connectivity index (χ4n) is 3.39. The molecule has 1 fully saturated rings. The van der Waals surface area contributed by atoms with E-state index in [0.717, 1.165) is 54.7 Å². The van der Waals surface area contributed by atoms with E-state index in [9.17, 15) is 4.79 Å². The fourth-order valence-corrected chi connectivity index (χ4v) is 3.68. The van der Waals surface area contributed by atoms with Gasteiger partial charge in [0.2, 0.25) is 0 Å². The summed E-state index contributed by atoms with van der Waals surface area (Å²) >= 11 is 12.2. The molecule has 2 amide bonds. The van der Waals surface area contributed by atoms with E-state index in [4.69, 9.17) is 27.9 Å². The molecule has 1 heterocycles. The minimum Gasteiger partial charge on any atom is -0.383 e. The number of hydrogen-bond acceptors (Lipinski definition) is 4. The van der Waals surface area contributed by atoms with Crippen LogP contribution in [0.15, 0.2) is 48.5 Å². The predicted octanol–water partition coefficient (Wildman–Crippen LogP) is 4.60. The number of benzene rings is 2. The lowest BCUT2D eigenvalue weighted by Gasteiger charge is -2.36. The second kappa shape index (κ2) is 12.0. The number of carbonyl (C=O) groups is 1. The molecule has 2 N–H and O–H groups in total. The molecule has 31 heavy (non-hydrogen) atoms. The third-order valence-electron chi connectivity index (χ3n) is 5.06. The Morgan fingerprint density at radius 1 is 1.06 bits per heavy atom. The molecule has 2 aromatic rings. The summed E-state index contributed by atoms with van der Waals surface area (Å²) in [5, 5.41) is 7.09. The number of hydrogen-bond donors (Lipinski definition) is 2. The second-order valence-electron chi connectivity index (χ2n) is 7.28. The van der Waals surface area contributed by atoms with Crippen molar-refractivity contribution in [2.45, 2.75) is 0 Å². The number of carbonyl (C=O) groups excluding carboxylic acids is 1. The number of piperazine rings is 1. The van der Waals surface area contributed by atoms with Crippen LogP contribution in [0.5, 0.6) is 0 Å². The summed E-state index contributed by atoms with van der Waals surface area (Å²) in [4.78, 5) is 16.8. The normalized spacial score (nSPS) is 14.7. The minimum absolute atomic E-state index is 0.258. The van der Waals surface area contributed by atoms with Crippen LogP contribution in [-0.2, 0) is 4.74 Å². The highest BCUT2D eigenvalue weighted by atomic mass is 35.5. The van der Waals surface area contributed by atoms with Gasteiger partial charge in [-0.25, -0.2) is 4.79 Å². The van der Waals surface area contributed by atoms with Gasteiger partial charge in [-0.1, -0.05) is 47.5 Å². The quantitative estimate of drug-likeness (QED) is 0.562. The molecule has 8 heteroatoms. The Morgan fingerprint density at radius 2 is 1.77 bits per heavy atom. The molecule has 3 rings (SSSR count). The summed E-state index contributed by atoms with van der Waals surface area (Å²) < 4.78 is 4.96. The number of nitrogens with one attached hydrogen (secondary N) is 2. The average molecular weight is 463 g/mol. The van der Waals surface area contributed by atoms with Gasteiger partial charge in [-0.05, 0) is 35.9 Å². The molecule has 1 aliphatic heterocycles. The van der Waals surface area contributed by atoms with E-state index in [2.05, 4.69) is 32.6 Å². The smallest absolute Gasteiger partial charge is 0.319 e. The first-order chi connectivity index (χ1) is 15.0. The summed E-state index contributed by atoms with van der Waals surface area (Å²) in [6.07, 6.45) is 4.29. The van der Waals surface area contributed by atoms with E-state index in [1.165, 1.54) is 0 Å². The van der Waals surface area contributed by atoms with Crippen LogP contribution in [0.1, 0.15) is 5.56 Å². The maximum absolute atomic E-state index is 12.2. The van der Waals surface area contributed by atoms with Crippen LogP contribution in [0.2, 0.25) is 10.0 Å². The maximum Gasteiger partial charge on any atom is 0.319 e. The number of ether oxygens (including phenoxy) is 1. The first-order valence-electron chi connectivity index (χ1n) is 10.3. The fraction of sp³-hybridized carbons (Fsp3) is 0.348. The van der Waals surface area contributed by atoms with Gasteiger partial charge in [0.1, 0.15) is 0 Å². The zero-order valence-corrected chi connectivity index (χ0v) is 19.1. The molecule has 2 aromatic carbocycles. The highest BCUT2D eigenvalue weighted by Gasteiger charge is 2.19. The van der Waals surface area contributed by atoms with Crippen molar-refractivity contribution in [3.05, 3.63) is 64.1 Å². The van der Waals surface area contributed by atoms with Crippen LogP contribution in [0.3, 0.4) is 0 Å². The molecule has 1 saturated heterocycles. The first-order valence-corrected chi connectivity index (χ1v) is 11.0. The lowest BCUT2D eigenvalue weighted by molar-refractivity contribution is 0.198. The molecule has 0 spiro atoms. The number of anilines is 2. The Kier molecular flexibility index (Phi) is 9.03. The number of amides is 2. The molecule has 0 saturated carbocycles. The van der Waals surface area contributed by atoms with Crippen molar-refractivity contribution in [2.75, 3.05) is 63.2 Å². The highest BCUT2D eigenvalue weighted by Crippen LogP contribution is 2.30. The largest absolute Gasteiger partial charge is 0.383 e. The number of nitrogens with zero attached hydrogens (tertiary/aromatic N) is 2. The molecule has 0 aromatic heterocycles. The van der Waals surface area contributed by atoms with Crippen molar-refractivity contribution < 1.29 is 9.53 Å². The van der Waals surface area contributed by atoms with E-state index in [0.29, 0.717) is 18.2 Å². The number of urea groups is 1. The molecular formula is C23H28Cl2N4O2. The summed E-state index contributed by atoms with van der Waals surface area (Å²) in [6.45, 7) is 5.37. The van der Waals surface area contributed by atoms with E-state index in [1.807, 2.05) is 36.4 Å². The van der Waals surface area contributed by atoms with Crippen molar-refractivity contribution in [1.29, 1.82) is 0 Å². The SMILES string of the molecule is COCCNC(=O)Nc1ccc(Cl)cc1N1CCN(C/C=C/c2ccc(Cl)cc2)CC1. The molecule has 1 aliphatic rings. The number of methoxy groups -OCH3 is 1. The van der Waals surface area contributed by atoms with Gasteiger partial charge in [0.15, 0.2) is 0 Å². The average Bonchev–Trinajstić information content (AvgIpc) is 2.77.